The van der Waals surface area contributed by atoms with Crippen molar-refractivity contribution in [3.8, 4) is 12.3 Å². The molecule has 5 heteroatoms. The molecule has 0 aromatic heterocycles. The van der Waals surface area contributed by atoms with E-state index in [9.17, 15) is 4.79 Å². The van der Waals surface area contributed by atoms with Gasteiger partial charge in [0.25, 0.3) is 0 Å². The predicted molar refractivity (Wildman–Crippen MR) is 74.3 cm³/mol. The van der Waals surface area contributed by atoms with E-state index in [0.717, 1.165) is 0 Å². The Labute approximate surface area is 116 Å². The first-order valence-electron chi connectivity index (χ1n) is 5.32. The van der Waals surface area contributed by atoms with Gasteiger partial charge in [0.1, 0.15) is 0 Å². The van der Waals surface area contributed by atoms with Crippen LogP contribution in [0.1, 0.15) is 6.92 Å². The van der Waals surface area contributed by atoms with E-state index in [1.165, 1.54) is 0 Å². The second-order valence-electron chi connectivity index (χ2n) is 3.90. The molecule has 0 heterocycles. The van der Waals surface area contributed by atoms with Crippen molar-refractivity contribution in [2.24, 2.45) is 5.92 Å². The van der Waals surface area contributed by atoms with Gasteiger partial charge in [0, 0.05) is 6.54 Å². The molecule has 0 fully saturated rings. The van der Waals surface area contributed by atoms with Gasteiger partial charge in [-0.1, -0.05) is 42.1 Å². The van der Waals surface area contributed by atoms with Crippen LogP contribution in [0.25, 0.3) is 0 Å². The van der Waals surface area contributed by atoms with E-state index in [1.54, 1.807) is 30.0 Å². The number of benzene rings is 1. The molecule has 0 bridgehead atoms. The van der Waals surface area contributed by atoms with E-state index in [1.807, 2.05) is 0 Å². The SMILES string of the molecule is C#CCN(CC(C)C(=O)O)c1cccc(Cl)c1Cl. The third-order valence-electron chi connectivity index (χ3n) is 2.47. The zero-order valence-corrected chi connectivity index (χ0v) is 11.4. The number of halogens is 2. The fourth-order valence-corrected chi connectivity index (χ4v) is 1.92. The van der Waals surface area contributed by atoms with Gasteiger partial charge >= 0.3 is 5.97 Å². The Balaban J connectivity index is 3.01. The molecule has 1 N–H and O–H groups in total. The first-order valence-corrected chi connectivity index (χ1v) is 6.08. The van der Waals surface area contributed by atoms with Gasteiger partial charge in [-0.2, -0.15) is 0 Å². The molecule has 1 unspecified atom stereocenters. The normalized spacial score (nSPS) is 11.7. The molecule has 0 aliphatic rings. The molecule has 1 atom stereocenters. The second kappa shape index (κ2) is 6.53. The summed E-state index contributed by atoms with van der Waals surface area (Å²) in [5.41, 5.74) is 0.648. The maximum atomic E-state index is 10.9. The van der Waals surface area contributed by atoms with Crippen LogP contribution in [0.2, 0.25) is 10.0 Å². The van der Waals surface area contributed by atoms with Crippen molar-refractivity contribution in [3.05, 3.63) is 28.2 Å². The topological polar surface area (TPSA) is 40.5 Å². The molecular weight excluding hydrogens is 273 g/mol. The number of aliphatic carboxylic acids is 1. The van der Waals surface area contributed by atoms with Crippen LogP contribution in [0, 0.1) is 18.3 Å². The van der Waals surface area contributed by atoms with E-state index in [-0.39, 0.29) is 13.1 Å². The smallest absolute Gasteiger partial charge is 0.308 e. The van der Waals surface area contributed by atoms with Gasteiger partial charge in [0.15, 0.2) is 0 Å². The molecule has 1 rings (SSSR count). The molecule has 1 aromatic rings. The van der Waals surface area contributed by atoms with E-state index < -0.39 is 11.9 Å². The lowest BCUT2D eigenvalue weighted by Gasteiger charge is -2.25. The number of hydrogen-bond donors (Lipinski definition) is 1. The Kier molecular flexibility index (Phi) is 5.33. The highest BCUT2D eigenvalue weighted by Crippen LogP contribution is 2.32. The quantitative estimate of drug-likeness (QED) is 0.845. The van der Waals surface area contributed by atoms with Crippen molar-refractivity contribution in [3.63, 3.8) is 0 Å². The molecule has 0 spiro atoms. The lowest BCUT2D eigenvalue weighted by Crippen LogP contribution is -2.32. The molecule has 0 aliphatic heterocycles. The first-order chi connectivity index (χ1) is 8.47. The minimum Gasteiger partial charge on any atom is -0.481 e. The van der Waals surface area contributed by atoms with E-state index in [2.05, 4.69) is 5.92 Å². The summed E-state index contributed by atoms with van der Waals surface area (Å²) in [5, 5.41) is 9.73. The number of hydrogen-bond acceptors (Lipinski definition) is 2. The van der Waals surface area contributed by atoms with Crippen molar-refractivity contribution < 1.29 is 9.90 Å². The summed E-state index contributed by atoms with van der Waals surface area (Å²) < 4.78 is 0. The second-order valence-corrected chi connectivity index (χ2v) is 4.68. The minimum atomic E-state index is -0.879. The molecule has 96 valence electrons. The summed E-state index contributed by atoms with van der Waals surface area (Å²) in [6.07, 6.45) is 5.29. The monoisotopic (exact) mass is 285 g/mol. The standard InChI is InChI=1S/C13H13Cl2NO2/c1-3-7-16(8-9(2)13(17)18)11-6-4-5-10(14)12(11)15/h1,4-6,9H,7-8H2,2H3,(H,17,18). The highest BCUT2D eigenvalue weighted by Gasteiger charge is 2.18. The zero-order chi connectivity index (χ0) is 13.7. The number of terminal acetylenes is 1. The highest BCUT2D eigenvalue weighted by atomic mass is 35.5. The van der Waals surface area contributed by atoms with Crippen LogP contribution in [-0.2, 0) is 4.79 Å². The number of nitrogens with zero attached hydrogens (tertiary/aromatic N) is 1. The van der Waals surface area contributed by atoms with Crippen LogP contribution in [0.15, 0.2) is 18.2 Å². The number of anilines is 1. The molecule has 3 nitrogen and oxygen atoms in total. The Morgan fingerprint density at radius 1 is 1.56 bits per heavy atom. The number of carboxylic acids is 1. The summed E-state index contributed by atoms with van der Waals surface area (Å²) in [5.74, 6) is 1.06. The van der Waals surface area contributed by atoms with Gasteiger partial charge in [-0.25, -0.2) is 0 Å². The molecule has 0 saturated carbocycles. The summed E-state index contributed by atoms with van der Waals surface area (Å²) in [4.78, 5) is 12.6. The van der Waals surface area contributed by atoms with Gasteiger partial charge in [-0.05, 0) is 12.1 Å². The van der Waals surface area contributed by atoms with Gasteiger partial charge in [-0.3, -0.25) is 4.79 Å². The van der Waals surface area contributed by atoms with Gasteiger partial charge in [-0.15, -0.1) is 6.42 Å². The van der Waals surface area contributed by atoms with Crippen LogP contribution in [-0.4, -0.2) is 24.2 Å². The Bertz CT molecular complexity index is 482. The largest absolute Gasteiger partial charge is 0.481 e. The molecule has 0 saturated heterocycles. The van der Waals surface area contributed by atoms with Crippen LogP contribution < -0.4 is 4.90 Å². The van der Waals surface area contributed by atoms with Crippen molar-refractivity contribution in [2.45, 2.75) is 6.92 Å². The molecule has 0 amide bonds. The van der Waals surface area contributed by atoms with E-state index in [0.29, 0.717) is 15.7 Å². The number of rotatable bonds is 5. The lowest BCUT2D eigenvalue weighted by molar-refractivity contribution is -0.140. The maximum absolute atomic E-state index is 10.9. The predicted octanol–water partition coefficient (Wildman–Crippen LogP) is 3.15. The lowest BCUT2D eigenvalue weighted by atomic mass is 10.1. The van der Waals surface area contributed by atoms with Crippen molar-refractivity contribution >= 4 is 34.9 Å². The summed E-state index contributed by atoms with van der Waals surface area (Å²) in [6, 6.07) is 5.18. The van der Waals surface area contributed by atoms with E-state index >= 15 is 0 Å². The Morgan fingerprint density at radius 3 is 2.78 bits per heavy atom. The molecule has 1 aromatic carbocycles. The van der Waals surface area contributed by atoms with Gasteiger partial charge in [0.05, 0.1) is 28.2 Å². The Hall–Kier alpha value is -1.37. The van der Waals surface area contributed by atoms with Crippen LogP contribution in [0.3, 0.4) is 0 Å². The zero-order valence-electron chi connectivity index (χ0n) is 9.86. The summed E-state index contributed by atoms with van der Waals surface area (Å²) >= 11 is 12.0. The van der Waals surface area contributed by atoms with Crippen LogP contribution >= 0.6 is 23.2 Å². The highest BCUT2D eigenvalue weighted by molar-refractivity contribution is 6.43. The summed E-state index contributed by atoms with van der Waals surface area (Å²) in [6.45, 7) is 2.17. The summed E-state index contributed by atoms with van der Waals surface area (Å²) in [7, 11) is 0. The van der Waals surface area contributed by atoms with Crippen molar-refractivity contribution in [1.29, 1.82) is 0 Å². The van der Waals surface area contributed by atoms with Crippen molar-refractivity contribution in [1.82, 2.24) is 0 Å². The fourth-order valence-electron chi connectivity index (χ4n) is 1.50. The van der Waals surface area contributed by atoms with Gasteiger partial charge in [0.2, 0.25) is 0 Å². The third kappa shape index (κ3) is 3.56. The average molecular weight is 286 g/mol. The Morgan fingerprint density at radius 2 is 2.22 bits per heavy atom. The molecule has 0 aliphatic carbocycles. The van der Waals surface area contributed by atoms with Crippen molar-refractivity contribution in [2.75, 3.05) is 18.0 Å². The maximum Gasteiger partial charge on any atom is 0.308 e. The first kappa shape index (κ1) is 14.7. The molecule has 0 radical (unpaired) electrons. The van der Waals surface area contributed by atoms with Gasteiger partial charge < -0.3 is 10.0 Å². The molecular formula is C13H13Cl2NO2. The minimum absolute atomic E-state index is 0.275. The van der Waals surface area contributed by atoms with E-state index in [4.69, 9.17) is 34.7 Å². The third-order valence-corrected chi connectivity index (χ3v) is 3.28. The van der Waals surface area contributed by atoms with Crippen LogP contribution in [0.4, 0.5) is 5.69 Å². The number of carboxylic acid groups (broad SMARTS) is 1. The average Bonchev–Trinajstić information content (AvgIpc) is 2.32. The van der Waals surface area contributed by atoms with Crippen LogP contribution in [0.5, 0.6) is 0 Å². The molecule has 18 heavy (non-hydrogen) atoms. The fraction of sp³-hybridized carbons (Fsp3) is 0.308. The number of carbonyl (C=O) groups is 1.